The Kier molecular flexibility index (Phi) is 7.43. The number of hydrogen-bond acceptors (Lipinski definition) is 4. The third kappa shape index (κ3) is 5.89. The number of aryl methyl sites for hydroxylation is 1. The molecule has 2 aromatic rings. The van der Waals surface area contributed by atoms with E-state index in [0.29, 0.717) is 0 Å². The molecule has 32 heavy (non-hydrogen) atoms. The van der Waals surface area contributed by atoms with Crippen molar-refractivity contribution in [2.45, 2.75) is 51.5 Å². The number of hydrogen-bond donors (Lipinski definition) is 1. The number of thiazole rings is 1. The second kappa shape index (κ2) is 10.6. The topological polar surface area (TPSA) is 28.2 Å². The summed E-state index contributed by atoms with van der Waals surface area (Å²) in [7, 11) is 0. The smallest absolute Gasteiger partial charge is 0.187 e. The SMILES string of the molecule is C=C(Nc1ncc(Cc2cccc(C)c2)s1)[C@@H]1CCCN1C(=C)CCC1=CCC=CC=C1. The largest absolute Gasteiger partial charge is 0.367 e. The minimum Gasteiger partial charge on any atom is -0.367 e. The van der Waals surface area contributed by atoms with E-state index >= 15 is 0 Å². The Bertz CT molecular complexity index is 1060. The standard InChI is InChI=1S/C28H33N3S/c1-21-10-8-13-25(18-21)19-26-20-29-28(32-26)30-23(3)27-14-9-17-31(27)22(2)15-16-24-11-6-4-5-7-12-24/h4-6,8,10-13,18,20,27H,2-3,7,9,14-17,19H2,1H3,(H,29,30)/t27-/m0/s1. The fourth-order valence-corrected chi connectivity index (χ4v) is 5.32. The van der Waals surface area contributed by atoms with Crippen molar-refractivity contribution in [3.63, 3.8) is 0 Å². The molecule has 1 aromatic heterocycles. The first kappa shape index (κ1) is 22.3. The molecule has 1 saturated heterocycles. The zero-order chi connectivity index (χ0) is 22.3. The monoisotopic (exact) mass is 443 g/mol. The molecule has 166 valence electrons. The van der Waals surface area contributed by atoms with Gasteiger partial charge in [-0.2, -0.15) is 0 Å². The molecule has 1 aromatic carbocycles. The Balaban J connectivity index is 1.32. The van der Waals surface area contributed by atoms with Gasteiger partial charge in [-0.25, -0.2) is 4.98 Å². The van der Waals surface area contributed by atoms with E-state index in [2.05, 4.69) is 89.9 Å². The van der Waals surface area contributed by atoms with Crippen LogP contribution in [0, 0.1) is 6.92 Å². The van der Waals surface area contributed by atoms with Gasteiger partial charge in [0.25, 0.3) is 0 Å². The molecule has 3 nitrogen and oxygen atoms in total. The van der Waals surface area contributed by atoms with E-state index in [1.54, 1.807) is 11.3 Å². The summed E-state index contributed by atoms with van der Waals surface area (Å²) in [5, 5.41) is 4.43. The van der Waals surface area contributed by atoms with E-state index in [1.807, 2.05) is 6.20 Å². The Hall–Kier alpha value is -2.85. The highest BCUT2D eigenvalue weighted by Gasteiger charge is 2.28. The summed E-state index contributed by atoms with van der Waals surface area (Å²) in [5.41, 5.74) is 6.25. The maximum absolute atomic E-state index is 4.61. The summed E-state index contributed by atoms with van der Waals surface area (Å²) in [6, 6.07) is 8.96. The fourth-order valence-electron chi connectivity index (χ4n) is 4.44. The summed E-state index contributed by atoms with van der Waals surface area (Å²) in [4.78, 5) is 8.31. The van der Waals surface area contributed by atoms with Crippen LogP contribution in [0.3, 0.4) is 0 Å². The first-order valence-corrected chi connectivity index (χ1v) is 12.3. The number of nitrogens with zero attached hydrogens (tertiary/aromatic N) is 2. The van der Waals surface area contributed by atoms with Gasteiger partial charge in [-0.1, -0.05) is 78.9 Å². The van der Waals surface area contributed by atoms with Crippen molar-refractivity contribution in [2.75, 3.05) is 11.9 Å². The van der Waals surface area contributed by atoms with Crippen LogP contribution in [0.1, 0.15) is 48.1 Å². The lowest BCUT2D eigenvalue weighted by atomic mass is 10.1. The molecule has 0 amide bonds. The van der Waals surface area contributed by atoms with Gasteiger partial charge in [0.1, 0.15) is 0 Å². The predicted octanol–water partition coefficient (Wildman–Crippen LogP) is 7.17. The zero-order valence-corrected chi connectivity index (χ0v) is 19.8. The van der Waals surface area contributed by atoms with Gasteiger partial charge in [0, 0.05) is 35.4 Å². The molecule has 0 bridgehead atoms. The van der Waals surface area contributed by atoms with Gasteiger partial charge in [-0.15, -0.1) is 11.3 Å². The van der Waals surface area contributed by atoms with Crippen molar-refractivity contribution in [1.82, 2.24) is 9.88 Å². The minimum absolute atomic E-state index is 0.284. The van der Waals surface area contributed by atoms with Gasteiger partial charge in [0.15, 0.2) is 5.13 Å². The number of anilines is 1. The van der Waals surface area contributed by atoms with Crippen molar-refractivity contribution in [3.05, 3.63) is 107 Å². The Morgan fingerprint density at radius 2 is 2.19 bits per heavy atom. The Morgan fingerprint density at radius 3 is 3.06 bits per heavy atom. The highest BCUT2D eigenvalue weighted by molar-refractivity contribution is 7.15. The van der Waals surface area contributed by atoms with Crippen LogP contribution in [0.25, 0.3) is 0 Å². The van der Waals surface area contributed by atoms with Crippen LogP contribution in [-0.2, 0) is 6.42 Å². The summed E-state index contributed by atoms with van der Waals surface area (Å²) in [6.45, 7) is 12.0. The van der Waals surface area contributed by atoms with Crippen molar-refractivity contribution < 1.29 is 0 Å². The third-order valence-corrected chi connectivity index (χ3v) is 7.03. The van der Waals surface area contributed by atoms with Crippen LogP contribution < -0.4 is 5.32 Å². The molecule has 1 aliphatic carbocycles. The normalized spacial score (nSPS) is 17.8. The summed E-state index contributed by atoms with van der Waals surface area (Å²) < 4.78 is 0. The van der Waals surface area contributed by atoms with Crippen molar-refractivity contribution in [2.24, 2.45) is 0 Å². The third-order valence-electron chi connectivity index (χ3n) is 6.12. The predicted molar refractivity (Wildman–Crippen MR) is 138 cm³/mol. The molecule has 1 fully saturated rings. The van der Waals surface area contributed by atoms with E-state index in [9.17, 15) is 0 Å². The number of aromatic nitrogens is 1. The van der Waals surface area contributed by atoms with Crippen molar-refractivity contribution in [1.29, 1.82) is 0 Å². The Morgan fingerprint density at radius 1 is 1.28 bits per heavy atom. The molecule has 2 heterocycles. The van der Waals surface area contributed by atoms with Crippen LogP contribution in [0.4, 0.5) is 5.13 Å². The van der Waals surface area contributed by atoms with Crippen LogP contribution in [0.2, 0.25) is 0 Å². The second-order valence-corrected chi connectivity index (χ2v) is 9.78. The average molecular weight is 444 g/mol. The van der Waals surface area contributed by atoms with Crippen LogP contribution in [-0.4, -0.2) is 22.5 Å². The van der Waals surface area contributed by atoms with Crippen LogP contribution in [0.5, 0.6) is 0 Å². The summed E-state index contributed by atoms with van der Waals surface area (Å²) in [5.74, 6) is 0. The first-order valence-electron chi connectivity index (χ1n) is 11.5. The first-order chi connectivity index (χ1) is 15.6. The lowest BCUT2D eigenvalue weighted by Crippen LogP contribution is -2.32. The molecular weight excluding hydrogens is 410 g/mol. The van der Waals surface area contributed by atoms with Gasteiger partial charge in [-0.3, -0.25) is 0 Å². The highest BCUT2D eigenvalue weighted by Crippen LogP contribution is 2.31. The number of allylic oxidation sites excluding steroid dienone is 7. The lowest BCUT2D eigenvalue weighted by molar-refractivity contribution is 0.344. The minimum atomic E-state index is 0.284. The maximum Gasteiger partial charge on any atom is 0.187 e. The maximum atomic E-state index is 4.61. The lowest BCUT2D eigenvalue weighted by Gasteiger charge is -2.30. The molecule has 4 heteroatoms. The second-order valence-electron chi connectivity index (χ2n) is 8.67. The van der Waals surface area contributed by atoms with E-state index < -0.39 is 0 Å². The van der Waals surface area contributed by atoms with Gasteiger partial charge in [0.2, 0.25) is 0 Å². The van der Waals surface area contributed by atoms with Crippen LogP contribution >= 0.6 is 11.3 Å². The van der Waals surface area contributed by atoms with E-state index in [0.717, 1.165) is 49.5 Å². The van der Waals surface area contributed by atoms with Crippen LogP contribution in [0.15, 0.2) is 91.0 Å². The number of likely N-dealkylation sites (tertiary alicyclic amines) is 1. The highest BCUT2D eigenvalue weighted by atomic mass is 32.1. The molecule has 1 N–H and O–H groups in total. The molecule has 0 saturated carbocycles. The molecule has 0 spiro atoms. The fraction of sp³-hybridized carbons (Fsp3) is 0.321. The molecule has 1 atom stereocenters. The molecule has 0 unspecified atom stereocenters. The van der Waals surface area contributed by atoms with E-state index in [4.69, 9.17) is 0 Å². The van der Waals surface area contributed by atoms with Gasteiger partial charge in [-0.05, 0) is 44.6 Å². The number of nitrogens with one attached hydrogen (secondary N) is 1. The molecule has 4 rings (SSSR count). The van der Waals surface area contributed by atoms with Gasteiger partial charge in [0.05, 0.1) is 6.04 Å². The molecule has 2 aliphatic rings. The van der Waals surface area contributed by atoms with E-state index in [1.165, 1.54) is 33.7 Å². The van der Waals surface area contributed by atoms with Gasteiger partial charge < -0.3 is 10.2 Å². The number of rotatable bonds is 9. The molecule has 0 radical (unpaired) electrons. The number of benzene rings is 1. The van der Waals surface area contributed by atoms with Gasteiger partial charge >= 0.3 is 0 Å². The van der Waals surface area contributed by atoms with Crippen molar-refractivity contribution in [3.8, 4) is 0 Å². The zero-order valence-electron chi connectivity index (χ0n) is 19.0. The summed E-state index contributed by atoms with van der Waals surface area (Å²) >= 11 is 1.72. The quantitative estimate of drug-likeness (QED) is 0.445. The average Bonchev–Trinajstić information content (AvgIpc) is 3.35. The van der Waals surface area contributed by atoms with Crippen molar-refractivity contribution >= 4 is 16.5 Å². The molecular formula is C28H33N3S. The summed E-state index contributed by atoms with van der Waals surface area (Å²) in [6.07, 6.45) is 19.2. The Labute approximate surface area is 196 Å². The molecule has 1 aliphatic heterocycles. The van der Waals surface area contributed by atoms with E-state index in [-0.39, 0.29) is 6.04 Å².